The van der Waals surface area contributed by atoms with E-state index in [1.54, 1.807) is 0 Å². The minimum absolute atomic E-state index is 0.0369. The third kappa shape index (κ3) is 5.34. The van der Waals surface area contributed by atoms with Crippen LogP contribution in [-0.4, -0.2) is 31.5 Å². The monoisotopic (exact) mass is 396 g/mol. The molecule has 3 rings (SSSR count). The summed E-state index contributed by atoms with van der Waals surface area (Å²) in [4.78, 5) is 16.8. The fourth-order valence-electron chi connectivity index (χ4n) is 3.51. The maximum atomic E-state index is 13.2. The van der Waals surface area contributed by atoms with Gasteiger partial charge in [0.15, 0.2) is 5.96 Å². The number of aliphatic imine (C=N–C) groups is 1. The predicted octanol–water partition coefficient (Wildman–Crippen LogP) is 3.78. The van der Waals surface area contributed by atoms with E-state index in [2.05, 4.69) is 35.9 Å². The van der Waals surface area contributed by atoms with Crippen LogP contribution < -0.4 is 16.0 Å². The Morgan fingerprint density at radius 3 is 2.62 bits per heavy atom. The van der Waals surface area contributed by atoms with Crippen molar-refractivity contribution in [3.63, 3.8) is 0 Å². The molecule has 0 radical (unpaired) electrons. The zero-order valence-corrected chi connectivity index (χ0v) is 17.3. The van der Waals surface area contributed by atoms with E-state index in [9.17, 15) is 9.18 Å². The van der Waals surface area contributed by atoms with Crippen LogP contribution >= 0.6 is 0 Å². The number of halogens is 1. The number of hydrogen-bond donors (Lipinski definition) is 3. The summed E-state index contributed by atoms with van der Waals surface area (Å²) in [6.07, 6.45) is 0.449. The second kappa shape index (κ2) is 9.07. The van der Waals surface area contributed by atoms with Crippen LogP contribution in [0, 0.1) is 5.82 Å². The summed E-state index contributed by atoms with van der Waals surface area (Å²) in [6, 6.07) is 14.5. The average molecular weight is 397 g/mol. The SMILES string of the molecule is CCNC(=NCC(C)(C)c1ccc(F)cc1)NCC1CC(=O)Nc2ccccc21. The minimum atomic E-state index is -0.236. The van der Waals surface area contributed by atoms with Gasteiger partial charge < -0.3 is 16.0 Å². The number of nitrogens with one attached hydrogen (secondary N) is 3. The van der Waals surface area contributed by atoms with Crippen molar-refractivity contribution >= 4 is 17.6 Å². The fraction of sp³-hybridized carbons (Fsp3) is 0.391. The van der Waals surface area contributed by atoms with Gasteiger partial charge in [0.1, 0.15) is 5.82 Å². The van der Waals surface area contributed by atoms with Gasteiger partial charge >= 0.3 is 0 Å². The van der Waals surface area contributed by atoms with Gasteiger partial charge in [-0.1, -0.05) is 44.2 Å². The molecule has 1 aliphatic heterocycles. The molecular formula is C23H29FN4O. The summed E-state index contributed by atoms with van der Waals surface area (Å²) >= 11 is 0. The van der Waals surface area contributed by atoms with Crippen LogP contribution in [0.25, 0.3) is 0 Å². The molecule has 0 fully saturated rings. The van der Waals surface area contributed by atoms with Gasteiger partial charge in [-0.25, -0.2) is 4.39 Å². The molecule has 5 nitrogen and oxygen atoms in total. The lowest BCUT2D eigenvalue weighted by Gasteiger charge is -2.27. The van der Waals surface area contributed by atoms with Crippen molar-refractivity contribution in [3.8, 4) is 0 Å². The lowest BCUT2D eigenvalue weighted by Crippen LogP contribution is -2.41. The van der Waals surface area contributed by atoms with Crippen molar-refractivity contribution in [2.24, 2.45) is 4.99 Å². The molecule has 154 valence electrons. The second-order valence-corrected chi connectivity index (χ2v) is 8.00. The van der Waals surface area contributed by atoms with Gasteiger partial charge in [-0.15, -0.1) is 0 Å². The molecule has 1 atom stereocenters. The molecule has 1 aliphatic rings. The molecule has 1 unspecified atom stereocenters. The van der Waals surface area contributed by atoms with E-state index in [1.807, 2.05) is 37.3 Å². The molecule has 1 heterocycles. The first-order valence-corrected chi connectivity index (χ1v) is 10.1. The standard InChI is InChI=1S/C23H29FN4O/c1-4-25-22(27-15-23(2,3)17-9-11-18(24)12-10-17)26-14-16-13-21(29)28-20-8-6-5-7-19(16)20/h5-12,16H,4,13-15H2,1-3H3,(H,28,29)(H2,25,26,27). The number of rotatable bonds is 6. The first-order valence-electron chi connectivity index (χ1n) is 10.1. The normalized spacial score (nSPS) is 16.8. The molecule has 3 N–H and O–H groups in total. The van der Waals surface area contributed by atoms with Gasteiger partial charge in [0.2, 0.25) is 5.91 Å². The predicted molar refractivity (Wildman–Crippen MR) is 116 cm³/mol. The fourth-order valence-corrected chi connectivity index (χ4v) is 3.51. The van der Waals surface area contributed by atoms with Crippen LogP contribution in [0.5, 0.6) is 0 Å². The highest BCUT2D eigenvalue weighted by Crippen LogP contribution is 2.31. The molecule has 0 saturated heterocycles. The van der Waals surface area contributed by atoms with Gasteiger partial charge in [-0.2, -0.15) is 0 Å². The largest absolute Gasteiger partial charge is 0.357 e. The van der Waals surface area contributed by atoms with Crippen LogP contribution in [0.4, 0.5) is 10.1 Å². The maximum absolute atomic E-state index is 13.2. The third-order valence-corrected chi connectivity index (χ3v) is 5.22. The first kappa shape index (κ1) is 20.8. The Labute approximate surface area is 171 Å². The number of anilines is 1. The molecule has 29 heavy (non-hydrogen) atoms. The van der Waals surface area contributed by atoms with Gasteiger partial charge in [-0.05, 0) is 36.2 Å². The number of guanidine groups is 1. The number of benzene rings is 2. The van der Waals surface area contributed by atoms with Crippen LogP contribution in [0.1, 0.15) is 44.2 Å². The van der Waals surface area contributed by atoms with Gasteiger partial charge in [0.05, 0.1) is 6.54 Å². The minimum Gasteiger partial charge on any atom is -0.357 e. The number of para-hydroxylation sites is 1. The Kier molecular flexibility index (Phi) is 6.52. The molecule has 0 bridgehead atoms. The van der Waals surface area contributed by atoms with Gasteiger partial charge in [0.25, 0.3) is 0 Å². The lowest BCUT2D eigenvalue weighted by molar-refractivity contribution is -0.116. The molecule has 0 aliphatic carbocycles. The molecule has 2 aromatic rings. The summed E-state index contributed by atoms with van der Waals surface area (Å²) in [5.41, 5.74) is 2.83. The van der Waals surface area contributed by atoms with E-state index < -0.39 is 0 Å². The molecule has 0 saturated carbocycles. The van der Waals surface area contributed by atoms with Crippen molar-refractivity contribution in [1.82, 2.24) is 10.6 Å². The van der Waals surface area contributed by atoms with Crippen molar-refractivity contribution in [2.75, 3.05) is 25.0 Å². The van der Waals surface area contributed by atoms with E-state index in [0.29, 0.717) is 25.5 Å². The Hall–Kier alpha value is -2.89. The Balaban J connectivity index is 1.68. The van der Waals surface area contributed by atoms with Crippen molar-refractivity contribution in [2.45, 2.75) is 38.5 Å². The van der Waals surface area contributed by atoms with E-state index in [0.717, 1.165) is 23.4 Å². The summed E-state index contributed by atoms with van der Waals surface area (Å²) < 4.78 is 13.2. The Morgan fingerprint density at radius 2 is 1.90 bits per heavy atom. The Morgan fingerprint density at radius 1 is 1.17 bits per heavy atom. The number of amides is 1. The molecule has 0 spiro atoms. The number of carbonyl (C=O) groups excluding carboxylic acids is 1. The summed E-state index contributed by atoms with van der Waals surface area (Å²) in [5.74, 6) is 0.606. The average Bonchev–Trinajstić information content (AvgIpc) is 2.70. The summed E-state index contributed by atoms with van der Waals surface area (Å²) in [6.45, 7) is 8.11. The molecule has 6 heteroatoms. The highest BCUT2D eigenvalue weighted by atomic mass is 19.1. The topological polar surface area (TPSA) is 65.5 Å². The van der Waals surface area contributed by atoms with Crippen LogP contribution in [0.3, 0.4) is 0 Å². The molecule has 0 aromatic heterocycles. The van der Waals surface area contributed by atoms with E-state index in [4.69, 9.17) is 4.99 Å². The van der Waals surface area contributed by atoms with Gasteiger partial charge in [0, 0.05) is 36.5 Å². The second-order valence-electron chi connectivity index (χ2n) is 8.00. The molecule has 2 aromatic carbocycles. The zero-order valence-electron chi connectivity index (χ0n) is 17.3. The number of hydrogen-bond acceptors (Lipinski definition) is 2. The lowest BCUT2D eigenvalue weighted by atomic mass is 9.85. The van der Waals surface area contributed by atoms with Gasteiger partial charge in [-0.3, -0.25) is 9.79 Å². The molecule has 1 amide bonds. The maximum Gasteiger partial charge on any atom is 0.225 e. The number of nitrogens with zero attached hydrogens (tertiary/aromatic N) is 1. The van der Waals surface area contributed by atoms with Crippen LogP contribution in [0.2, 0.25) is 0 Å². The smallest absolute Gasteiger partial charge is 0.225 e. The van der Waals surface area contributed by atoms with Crippen LogP contribution in [-0.2, 0) is 10.2 Å². The summed E-state index contributed by atoms with van der Waals surface area (Å²) in [7, 11) is 0. The quantitative estimate of drug-likeness (QED) is 0.514. The van der Waals surface area contributed by atoms with Crippen molar-refractivity contribution in [3.05, 3.63) is 65.5 Å². The van der Waals surface area contributed by atoms with Crippen molar-refractivity contribution in [1.29, 1.82) is 0 Å². The number of carbonyl (C=O) groups is 1. The third-order valence-electron chi connectivity index (χ3n) is 5.22. The Bertz CT molecular complexity index is 877. The van der Waals surface area contributed by atoms with E-state index in [1.165, 1.54) is 12.1 Å². The zero-order chi connectivity index (χ0) is 20.9. The van der Waals surface area contributed by atoms with E-state index in [-0.39, 0.29) is 23.1 Å². The van der Waals surface area contributed by atoms with E-state index >= 15 is 0 Å². The summed E-state index contributed by atoms with van der Waals surface area (Å²) in [5, 5.41) is 9.58. The highest BCUT2D eigenvalue weighted by molar-refractivity contribution is 5.94. The first-order chi connectivity index (χ1) is 13.9. The highest BCUT2D eigenvalue weighted by Gasteiger charge is 2.25. The van der Waals surface area contributed by atoms with Crippen molar-refractivity contribution < 1.29 is 9.18 Å². The van der Waals surface area contributed by atoms with Crippen LogP contribution in [0.15, 0.2) is 53.5 Å². The molecular weight excluding hydrogens is 367 g/mol. The number of fused-ring (bicyclic) bond motifs is 1.